The summed E-state index contributed by atoms with van der Waals surface area (Å²) in [4.78, 5) is 31.0. The highest BCUT2D eigenvalue weighted by atomic mass is 32.2. The second-order valence-corrected chi connectivity index (χ2v) is 9.40. The third-order valence-electron chi connectivity index (χ3n) is 5.44. The van der Waals surface area contributed by atoms with Crippen molar-refractivity contribution in [2.24, 2.45) is 0 Å². The van der Waals surface area contributed by atoms with Gasteiger partial charge in [0.05, 0.1) is 10.9 Å². The number of carbonyl (C=O) groups excluding carboxylic acids is 2. The third kappa shape index (κ3) is 5.06. The predicted molar refractivity (Wildman–Crippen MR) is 132 cm³/mol. The summed E-state index contributed by atoms with van der Waals surface area (Å²) in [6, 6.07) is 18.8. The fourth-order valence-corrected chi connectivity index (χ4v) is 4.69. The van der Waals surface area contributed by atoms with Gasteiger partial charge in [-0.1, -0.05) is 36.4 Å². The Morgan fingerprint density at radius 1 is 1.03 bits per heavy atom. The number of benzene rings is 2. The second-order valence-electron chi connectivity index (χ2n) is 7.57. The fraction of sp³-hybridized carbons (Fsp3) is 0.200. The first kappa shape index (κ1) is 22.2. The van der Waals surface area contributed by atoms with Crippen molar-refractivity contribution in [2.75, 3.05) is 6.26 Å². The van der Waals surface area contributed by atoms with E-state index in [-0.39, 0.29) is 17.9 Å². The lowest BCUT2D eigenvalue weighted by Gasteiger charge is -2.21. The van der Waals surface area contributed by atoms with E-state index in [4.69, 9.17) is 0 Å². The van der Waals surface area contributed by atoms with E-state index >= 15 is 0 Å². The Kier molecular flexibility index (Phi) is 6.97. The molecule has 4 rings (SSSR count). The van der Waals surface area contributed by atoms with E-state index in [2.05, 4.69) is 15.6 Å². The molecule has 32 heavy (non-hydrogen) atoms. The summed E-state index contributed by atoms with van der Waals surface area (Å²) in [6.07, 6.45) is 4.34. The van der Waals surface area contributed by atoms with E-state index in [1.165, 1.54) is 16.2 Å². The van der Waals surface area contributed by atoms with Gasteiger partial charge in [0.1, 0.15) is 6.04 Å². The number of thioether (sulfide) groups is 1. The molecule has 2 unspecified atom stereocenters. The number of rotatable bonds is 8. The molecule has 0 bridgehead atoms. The van der Waals surface area contributed by atoms with E-state index < -0.39 is 6.04 Å². The molecule has 2 amide bonds. The van der Waals surface area contributed by atoms with Gasteiger partial charge in [-0.15, -0.1) is 23.1 Å². The van der Waals surface area contributed by atoms with Gasteiger partial charge in [-0.3, -0.25) is 9.59 Å². The number of hydrogen-bond donors (Lipinski definition) is 3. The molecule has 0 saturated carbocycles. The van der Waals surface area contributed by atoms with Crippen molar-refractivity contribution in [1.29, 1.82) is 0 Å². The van der Waals surface area contributed by atoms with Gasteiger partial charge >= 0.3 is 0 Å². The van der Waals surface area contributed by atoms with E-state index in [0.717, 1.165) is 22.0 Å². The molecule has 2 aromatic carbocycles. The summed E-state index contributed by atoms with van der Waals surface area (Å²) in [7, 11) is 0. The van der Waals surface area contributed by atoms with Gasteiger partial charge in [0.15, 0.2) is 0 Å². The molecule has 4 aromatic rings. The van der Waals surface area contributed by atoms with E-state index in [1.54, 1.807) is 17.8 Å². The average molecular weight is 464 g/mol. The molecule has 0 radical (unpaired) electrons. The van der Waals surface area contributed by atoms with Crippen molar-refractivity contribution in [3.8, 4) is 0 Å². The SMILES string of the molecule is CSc1ccc(C(C)NC(=O)C(Cc2c[nH]c3ccccc23)NC(=O)c2cccs2)cc1. The Labute approximate surface area is 195 Å². The summed E-state index contributed by atoms with van der Waals surface area (Å²) in [5.74, 6) is -0.446. The number of hydrogen-bond acceptors (Lipinski definition) is 4. The Morgan fingerprint density at radius 2 is 1.81 bits per heavy atom. The van der Waals surface area contributed by atoms with Gasteiger partial charge in [0.25, 0.3) is 5.91 Å². The van der Waals surface area contributed by atoms with Crippen molar-refractivity contribution >= 4 is 45.8 Å². The maximum atomic E-state index is 13.3. The van der Waals surface area contributed by atoms with Crippen LogP contribution in [0.1, 0.15) is 33.8 Å². The normalized spacial score (nSPS) is 12.9. The van der Waals surface area contributed by atoms with Crippen molar-refractivity contribution in [3.05, 3.63) is 88.2 Å². The maximum Gasteiger partial charge on any atom is 0.262 e. The van der Waals surface area contributed by atoms with Gasteiger partial charge in [-0.25, -0.2) is 0 Å². The molecule has 164 valence electrons. The topological polar surface area (TPSA) is 74.0 Å². The molecule has 2 atom stereocenters. The standard InChI is InChI=1S/C25H25N3O2S2/c1-16(17-9-11-19(31-2)12-10-17)27-24(29)22(28-25(30)23-8-5-13-32-23)14-18-15-26-21-7-4-3-6-20(18)21/h3-13,15-16,22,26H,14H2,1-2H3,(H,27,29)(H,28,30). The van der Waals surface area contributed by atoms with Crippen LogP contribution >= 0.6 is 23.1 Å². The Morgan fingerprint density at radius 3 is 2.53 bits per heavy atom. The molecule has 7 heteroatoms. The lowest BCUT2D eigenvalue weighted by atomic mass is 10.0. The van der Waals surface area contributed by atoms with E-state index in [0.29, 0.717) is 11.3 Å². The maximum absolute atomic E-state index is 13.3. The van der Waals surface area contributed by atoms with Crippen LogP contribution in [0.2, 0.25) is 0 Å². The average Bonchev–Trinajstić information content (AvgIpc) is 3.49. The van der Waals surface area contributed by atoms with Crippen molar-refractivity contribution < 1.29 is 9.59 Å². The highest BCUT2D eigenvalue weighted by Gasteiger charge is 2.25. The van der Waals surface area contributed by atoms with Gasteiger partial charge < -0.3 is 15.6 Å². The number of fused-ring (bicyclic) bond motifs is 1. The van der Waals surface area contributed by atoms with Crippen LogP contribution in [0.15, 0.2) is 77.1 Å². The minimum absolute atomic E-state index is 0.178. The van der Waals surface area contributed by atoms with Gasteiger partial charge in [-0.05, 0) is 54.0 Å². The molecular formula is C25H25N3O2S2. The number of nitrogens with one attached hydrogen (secondary N) is 3. The molecule has 0 aliphatic rings. The zero-order chi connectivity index (χ0) is 22.5. The molecule has 5 nitrogen and oxygen atoms in total. The quantitative estimate of drug-likeness (QED) is 0.316. The number of amides is 2. The first-order valence-electron chi connectivity index (χ1n) is 10.4. The van der Waals surface area contributed by atoms with E-state index in [9.17, 15) is 9.59 Å². The monoisotopic (exact) mass is 463 g/mol. The zero-order valence-electron chi connectivity index (χ0n) is 17.9. The number of carbonyl (C=O) groups is 2. The number of para-hydroxylation sites is 1. The molecule has 0 spiro atoms. The molecule has 3 N–H and O–H groups in total. The molecule has 2 heterocycles. The van der Waals surface area contributed by atoms with Crippen LogP contribution in [0.5, 0.6) is 0 Å². The van der Waals surface area contributed by atoms with Crippen LogP contribution in [0.4, 0.5) is 0 Å². The van der Waals surface area contributed by atoms with Crippen LogP contribution in [-0.4, -0.2) is 29.1 Å². The van der Waals surface area contributed by atoms with Crippen LogP contribution in [0, 0.1) is 0 Å². The predicted octanol–water partition coefficient (Wildman–Crippen LogP) is 5.17. The fourth-order valence-electron chi connectivity index (χ4n) is 3.66. The Hall–Kier alpha value is -3.03. The Bertz CT molecular complexity index is 1200. The lowest BCUT2D eigenvalue weighted by Crippen LogP contribution is -2.48. The van der Waals surface area contributed by atoms with Crippen molar-refractivity contribution in [3.63, 3.8) is 0 Å². The second kappa shape index (κ2) is 10.1. The summed E-state index contributed by atoms with van der Waals surface area (Å²) < 4.78 is 0. The summed E-state index contributed by atoms with van der Waals surface area (Å²) in [6.45, 7) is 1.95. The minimum Gasteiger partial charge on any atom is -0.361 e. The molecular weight excluding hydrogens is 438 g/mol. The molecule has 0 aliphatic carbocycles. The largest absolute Gasteiger partial charge is 0.361 e. The highest BCUT2D eigenvalue weighted by molar-refractivity contribution is 7.98. The molecule has 2 aromatic heterocycles. The number of aromatic amines is 1. The van der Waals surface area contributed by atoms with Crippen molar-refractivity contribution in [1.82, 2.24) is 15.6 Å². The number of thiophene rings is 1. The Balaban J connectivity index is 1.54. The highest BCUT2D eigenvalue weighted by Crippen LogP contribution is 2.21. The van der Waals surface area contributed by atoms with Crippen LogP contribution < -0.4 is 10.6 Å². The van der Waals surface area contributed by atoms with Gasteiger partial charge in [0, 0.05) is 28.4 Å². The van der Waals surface area contributed by atoms with Crippen LogP contribution in [-0.2, 0) is 11.2 Å². The van der Waals surface area contributed by atoms with E-state index in [1.807, 2.05) is 79.4 Å². The van der Waals surface area contributed by atoms with Gasteiger partial charge in [0.2, 0.25) is 5.91 Å². The lowest BCUT2D eigenvalue weighted by molar-refractivity contribution is -0.123. The molecule has 0 fully saturated rings. The van der Waals surface area contributed by atoms with Crippen LogP contribution in [0.25, 0.3) is 10.9 Å². The summed E-state index contributed by atoms with van der Waals surface area (Å²) in [5, 5.41) is 8.92. The first-order valence-corrected chi connectivity index (χ1v) is 12.5. The smallest absolute Gasteiger partial charge is 0.262 e. The number of H-pyrrole nitrogens is 1. The summed E-state index contributed by atoms with van der Waals surface area (Å²) in [5.41, 5.74) is 3.02. The zero-order valence-corrected chi connectivity index (χ0v) is 19.6. The number of aromatic nitrogens is 1. The van der Waals surface area contributed by atoms with Crippen LogP contribution in [0.3, 0.4) is 0 Å². The van der Waals surface area contributed by atoms with Crippen molar-refractivity contribution in [2.45, 2.75) is 30.3 Å². The molecule has 0 saturated heterocycles. The first-order chi connectivity index (χ1) is 15.5. The molecule has 0 aliphatic heterocycles. The van der Waals surface area contributed by atoms with Gasteiger partial charge in [-0.2, -0.15) is 0 Å². The minimum atomic E-state index is -0.697. The third-order valence-corrected chi connectivity index (χ3v) is 7.05. The summed E-state index contributed by atoms with van der Waals surface area (Å²) >= 11 is 3.04.